The molecular weight excluding hydrogens is 1350 g/mol. The average molecular weight is 1440 g/mol. The van der Waals surface area contributed by atoms with Gasteiger partial charge in [-0.1, -0.05) is 29.5 Å². The van der Waals surface area contributed by atoms with Crippen molar-refractivity contribution in [3.63, 3.8) is 0 Å². The van der Waals surface area contributed by atoms with Crippen molar-refractivity contribution in [2.24, 2.45) is 11.6 Å². The van der Waals surface area contributed by atoms with Gasteiger partial charge in [-0.15, -0.1) is 5.10 Å². The fourth-order valence-electron chi connectivity index (χ4n) is 9.86. The first-order valence-corrected chi connectivity index (χ1v) is 34.5. The van der Waals surface area contributed by atoms with Crippen LogP contribution in [0.4, 0.5) is 4.79 Å². The Balaban J connectivity index is 0.698. The van der Waals surface area contributed by atoms with Crippen LogP contribution in [0.25, 0.3) is 32.3 Å². The average Bonchev–Trinajstić information content (AvgIpc) is 0.720. The molecule has 1 aliphatic heterocycles. The molecule has 98 heavy (non-hydrogen) atoms. The Labute approximate surface area is 568 Å². The number of hydrazine groups is 1. The Hall–Kier alpha value is -7.25. The number of nitrogens with one attached hydrogen (secondary N) is 3. The minimum absolute atomic E-state index is 0.00677. The summed E-state index contributed by atoms with van der Waals surface area (Å²) in [7, 11) is -10.0. The summed E-state index contributed by atoms with van der Waals surface area (Å²) >= 11 is 0.0690. The van der Waals surface area contributed by atoms with Gasteiger partial charge in [0.05, 0.1) is 129 Å². The van der Waals surface area contributed by atoms with E-state index >= 15 is 0 Å². The number of rotatable bonds is 43. The molecule has 34 nitrogen and oxygen atoms in total. The molecule has 0 spiro atoms. The highest BCUT2D eigenvalue weighted by molar-refractivity contribution is 7.87. The first-order valence-electron chi connectivity index (χ1n) is 30.9. The van der Waals surface area contributed by atoms with Gasteiger partial charge in [-0.3, -0.25) is 18.7 Å². The van der Waals surface area contributed by atoms with Crippen LogP contribution in [0.1, 0.15) is 32.0 Å². The lowest BCUT2D eigenvalue weighted by atomic mass is 9.93. The van der Waals surface area contributed by atoms with E-state index in [2.05, 4.69) is 26.3 Å². The molecule has 1 fully saturated rings. The van der Waals surface area contributed by atoms with E-state index in [1.54, 1.807) is 43.8 Å². The second kappa shape index (κ2) is 37.8. The van der Waals surface area contributed by atoms with Gasteiger partial charge in [0.2, 0.25) is 5.91 Å². The number of alkyl carbamates (subject to hydrolysis) is 1. The van der Waals surface area contributed by atoms with Gasteiger partial charge in [-0.25, -0.2) is 15.3 Å². The molecule has 0 aliphatic carbocycles. The van der Waals surface area contributed by atoms with E-state index in [0.29, 0.717) is 82.1 Å². The predicted octanol–water partition coefficient (Wildman–Crippen LogP) is -0.283. The number of amides is 3. The molecule has 1 aromatic heterocycles. The third-order valence-corrected chi connectivity index (χ3v) is 16.8. The number of aliphatic hydroxyl groups is 4. The highest BCUT2D eigenvalue weighted by Gasteiger charge is 2.44. The van der Waals surface area contributed by atoms with Crippen molar-refractivity contribution in [2.45, 2.75) is 97.2 Å². The van der Waals surface area contributed by atoms with Gasteiger partial charge in [-0.2, -0.15) is 16.8 Å². The maximum atomic E-state index is 13.3. The van der Waals surface area contributed by atoms with Gasteiger partial charge >= 0.3 is 17.8 Å². The maximum Gasteiger partial charge on any atom is 0.505 e. The molecule has 7 rings (SSSR count). The molecule has 1 aliphatic rings. The van der Waals surface area contributed by atoms with Crippen molar-refractivity contribution < 1.29 is 117 Å². The molecule has 540 valence electrons. The molecule has 37 heteroatoms. The smallest absolute Gasteiger partial charge is 0.491 e. The highest BCUT2D eigenvalue weighted by Crippen LogP contribution is 2.44. The Morgan fingerprint density at radius 1 is 0.735 bits per heavy atom. The van der Waals surface area contributed by atoms with Crippen LogP contribution < -0.4 is 37.0 Å². The van der Waals surface area contributed by atoms with E-state index in [1.165, 1.54) is 41.5 Å². The van der Waals surface area contributed by atoms with Crippen LogP contribution >= 0.6 is 0 Å². The number of hydrogen-bond donors (Lipinski definition) is 11. The Bertz CT molecular complexity index is 3770. The lowest BCUT2D eigenvalue weighted by Gasteiger charge is -2.39. The van der Waals surface area contributed by atoms with Gasteiger partial charge in [0.15, 0.2) is 12.9 Å². The highest BCUT2D eigenvalue weighted by atomic mass is 32.2. The number of benzene rings is 5. The number of carbonyl (C=O) groups excluding carboxylic acids is 3. The van der Waals surface area contributed by atoms with Crippen molar-refractivity contribution in [3.8, 4) is 11.5 Å². The molecular formula is C61H84N9O25S3+. The van der Waals surface area contributed by atoms with Crippen LogP contribution in [0.2, 0.25) is 0 Å². The number of nitrogens with zero attached hydrogens (tertiary/aromatic N) is 4. The van der Waals surface area contributed by atoms with Gasteiger partial charge in [0, 0.05) is 62.2 Å². The molecule has 1 saturated heterocycles. The second-order valence-electron chi connectivity index (χ2n) is 23.0. The molecule has 2 heterocycles. The summed E-state index contributed by atoms with van der Waals surface area (Å²) in [6.45, 7) is 8.25. The molecule has 0 unspecified atom stereocenters. The van der Waals surface area contributed by atoms with Crippen LogP contribution in [0.15, 0.2) is 93.4 Å². The summed E-state index contributed by atoms with van der Waals surface area (Å²) in [6.07, 6.45) is -3.90. The molecule has 0 radical (unpaired) electrons. The fourth-order valence-corrected chi connectivity index (χ4v) is 11.8. The number of nitrogens with two attached hydrogens (primary N) is 2. The zero-order valence-electron chi connectivity index (χ0n) is 54.1. The van der Waals surface area contributed by atoms with Crippen molar-refractivity contribution in [1.82, 2.24) is 36.0 Å². The van der Waals surface area contributed by atoms with Gasteiger partial charge in [0.1, 0.15) is 64.0 Å². The topological polar surface area (TPSA) is 482 Å². The third-order valence-electron chi connectivity index (χ3n) is 14.5. The van der Waals surface area contributed by atoms with Crippen molar-refractivity contribution in [1.29, 1.82) is 0 Å². The summed E-state index contributed by atoms with van der Waals surface area (Å²) < 4.78 is 145. The lowest BCUT2D eigenvalue weighted by Crippen LogP contribution is -2.59. The quantitative estimate of drug-likeness (QED) is 0.00585. The van der Waals surface area contributed by atoms with E-state index in [1.807, 2.05) is 12.1 Å². The van der Waals surface area contributed by atoms with Gasteiger partial charge < -0.3 is 99.2 Å². The van der Waals surface area contributed by atoms with E-state index in [0.717, 1.165) is 5.56 Å². The van der Waals surface area contributed by atoms with Crippen LogP contribution in [0.3, 0.4) is 0 Å². The van der Waals surface area contributed by atoms with Crippen LogP contribution in [0.5, 0.6) is 11.5 Å². The monoisotopic (exact) mass is 1440 g/mol. The standard InChI is InChI=1S/C61H83N9O25S3/c1-61(2,3)95-60(77)66-46(30-40-35-70(68-67-40)15-19-87-22-25-89-26-27-90-28-29-91-41-6-4-38(5-7-41)12-16-92-59-57(75)56(74)55(73)48(36-71)94-59)58(76)64-13-17-85-20-23-88-24-21-86-18-14-69(63)34-39(62)33-65-52(72)37-93-47-31-49(96-78)43-9-11-45-51(98(82,83)84)32-50(97(79,80)81)44-10-8-42(47)53(43)54(44)45/h4-11,31-32,34-35,46,48,55-57,59,71,73-75H,12-30,33,36-37,62-63H2,1-3H3,(H4-,64,65,66,72,76,77,79,80,81,82,83,84)/p+1/b39-34-/t46-,48+,55+,56-,57+,59+/m0/s1. The Morgan fingerprint density at radius 3 is 1.93 bits per heavy atom. The lowest BCUT2D eigenvalue weighted by molar-refractivity contribution is -0.300. The fraction of sp³-hybridized carbons (Fsp3) is 0.525. The number of aliphatic hydroxyl groups excluding tert-OH is 4. The number of hydrogen-bond acceptors (Lipinski definition) is 28. The van der Waals surface area contributed by atoms with Crippen molar-refractivity contribution in [2.75, 3.05) is 125 Å². The molecule has 0 bridgehead atoms. The molecule has 6 aromatic rings. The van der Waals surface area contributed by atoms with E-state index in [4.69, 9.17) is 63.7 Å². The minimum Gasteiger partial charge on any atom is -0.491 e. The largest absolute Gasteiger partial charge is 0.505 e. The van der Waals surface area contributed by atoms with Crippen LogP contribution in [-0.2, 0) is 108 Å². The van der Waals surface area contributed by atoms with Crippen molar-refractivity contribution in [3.05, 3.63) is 90.0 Å². The van der Waals surface area contributed by atoms with E-state index in [-0.39, 0.29) is 127 Å². The first kappa shape index (κ1) is 78.1. The van der Waals surface area contributed by atoms with Gasteiger partial charge in [0.25, 0.3) is 31.0 Å². The van der Waals surface area contributed by atoms with E-state index in [9.17, 15) is 65.0 Å². The number of ether oxygens (including phenoxy) is 11. The van der Waals surface area contributed by atoms with E-state index < -0.39 is 103 Å². The SMILES string of the molecule is CC(C)(C)OC(=O)N[C@@H](Cc1cn(CCOCCOCCOCCOc2ccc(CCO[C@@H]3O[C@H](CO)[C@@H](O)[C@H](O)[C@H]3O)cc2)nn1)C(=O)NCCOCCOCCOCCN(N)/C=C(\N)CNC(=O)COc1cc([S+]=O)c2ccc3c(S(=O)(=O)O)cc(S(=O)(=O)O)c4ccc1c2c43. The second-order valence-corrected chi connectivity index (χ2v) is 26.4. The van der Waals surface area contributed by atoms with Gasteiger partial charge in [-0.05, 0) is 63.1 Å². The summed E-state index contributed by atoms with van der Waals surface area (Å²) in [5, 5.41) is 57.4. The van der Waals surface area contributed by atoms with Crippen LogP contribution in [0, 0.1) is 0 Å². The maximum absolute atomic E-state index is 13.3. The molecule has 5 aromatic carbocycles. The summed E-state index contributed by atoms with van der Waals surface area (Å²) in [5.74, 6) is 5.58. The molecule has 13 N–H and O–H groups in total. The zero-order chi connectivity index (χ0) is 71.0. The summed E-state index contributed by atoms with van der Waals surface area (Å²) in [6, 6.07) is 13.8. The number of aromatic nitrogens is 3. The first-order chi connectivity index (χ1) is 46.7. The third kappa shape index (κ3) is 24.0. The Kier molecular flexibility index (Phi) is 30.1. The summed E-state index contributed by atoms with van der Waals surface area (Å²) in [4.78, 5) is 37.5. The molecule has 6 atom stereocenters. The summed E-state index contributed by atoms with van der Waals surface area (Å²) in [5.41, 5.74) is 6.80. The number of carbonyl (C=O) groups is 3. The normalized spacial score (nSPS) is 17.3. The minimum atomic E-state index is -5.01. The predicted molar refractivity (Wildman–Crippen MR) is 348 cm³/mol. The molecule has 3 amide bonds. The van der Waals surface area contributed by atoms with Crippen molar-refractivity contribution >= 4 is 82.1 Å². The molecule has 0 saturated carbocycles. The Morgan fingerprint density at radius 2 is 1.32 bits per heavy atom. The zero-order valence-corrected chi connectivity index (χ0v) is 56.5. The van der Waals surface area contributed by atoms with Crippen LogP contribution in [-0.4, -0.2) is 252 Å².